The van der Waals surface area contributed by atoms with Gasteiger partial charge in [0.15, 0.2) is 8.32 Å². The second-order valence-corrected chi connectivity index (χ2v) is 11.5. The van der Waals surface area contributed by atoms with Crippen LogP contribution in [0, 0.1) is 0 Å². The minimum Gasteiger partial charge on any atom is -0.407 e. The van der Waals surface area contributed by atoms with Crippen LogP contribution >= 0.6 is 0 Å². The summed E-state index contributed by atoms with van der Waals surface area (Å²) in [5, 5.41) is 0.152. The van der Waals surface area contributed by atoms with Gasteiger partial charge in [0.1, 0.15) is 12.4 Å². The molecular weight excluding hydrogens is 252 g/mol. The Morgan fingerprint density at radius 2 is 1.79 bits per heavy atom. The number of allylic oxidation sites excluding steroid dienone is 1. The van der Waals surface area contributed by atoms with Crippen molar-refractivity contribution in [3.8, 4) is 0 Å². The fourth-order valence-corrected chi connectivity index (χ4v) is 2.81. The average Bonchev–Trinajstić information content (AvgIpc) is 2.30. The molecule has 0 saturated carbocycles. The molecule has 19 heavy (non-hydrogen) atoms. The molecule has 0 aliphatic rings. The van der Waals surface area contributed by atoms with E-state index >= 15 is 0 Å². The Hall–Kier alpha value is -0.413. The molecule has 0 unspecified atom stereocenters. The zero-order valence-corrected chi connectivity index (χ0v) is 14.7. The molecule has 0 aliphatic carbocycles. The number of carbonyl (C=O) groups excluding carboxylic acids is 1. The molecule has 0 spiro atoms. The number of carbonyl (C=O) groups is 1. The minimum absolute atomic E-state index is 0.152. The van der Waals surface area contributed by atoms with Gasteiger partial charge in [-0.2, -0.15) is 0 Å². The van der Waals surface area contributed by atoms with E-state index in [1.807, 2.05) is 0 Å². The van der Waals surface area contributed by atoms with Crippen molar-refractivity contribution in [2.45, 2.75) is 84.0 Å². The number of aldehydes is 1. The summed E-state index contributed by atoms with van der Waals surface area (Å²) in [6.45, 7) is 13.2. The fourth-order valence-electron chi connectivity index (χ4n) is 1.55. The van der Waals surface area contributed by atoms with E-state index in [0.717, 1.165) is 12.7 Å². The number of rotatable bonds is 9. The highest BCUT2D eigenvalue weighted by Crippen LogP contribution is 2.37. The van der Waals surface area contributed by atoms with Crippen LogP contribution in [-0.4, -0.2) is 20.7 Å². The van der Waals surface area contributed by atoms with Gasteiger partial charge in [0, 0.05) is 0 Å². The summed E-state index contributed by atoms with van der Waals surface area (Å²) >= 11 is 0. The van der Waals surface area contributed by atoms with E-state index in [0.29, 0.717) is 6.42 Å². The van der Waals surface area contributed by atoms with Gasteiger partial charge in [0.2, 0.25) is 0 Å². The Morgan fingerprint density at radius 3 is 2.26 bits per heavy atom. The Morgan fingerprint density at radius 1 is 1.16 bits per heavy atom. The third-order valence-corrected chi connectivity index (χ3v) is 8.42. The molecule has 0 N–H and O–H groups in total. The lowest BCUT2D eigenvalue weighted by atomic mass is 10.2. The van der Waals surface area contributed by atoms with Gasteiger partial charge in [-0.1, -0.05) is 52.7 Å². The molecule has 0 heterocycles. The molecule has 0 bridgehead atoms. The third-order valence-electron chi connectivity index (χ3n) is 3.91. The predicted molar refractivity (Wildman–Crippen MR) is 86.0 cm³/mol. The molecular formula is C16H32O2Si. The minimum atomic E-state index is -1.84. The standard InChI is InChI=1S/C16H32O2Si/c1-7-8-9-10-11-12-13-15(14-17)18-19(5,6)16(2,3)4/h11-12,14-15H,7-10,13H2,1-6H3/b12-11-/t15-/m0/s1. The van der Waals surface area contributed by atoms with Crippen LogP contribution in [0.1, 0.15) is 59.8 Å². The van der Waals surface area contributed by atoms with Gasteiger partial charge in [0.05, 0.1) is 0 Å². The van der Waals surface area contributed by atoms with E-state index in [9.17, 15) is 4.79 Å². The molecule has 0 aromatic heterocycles. The quantitative estimate of drug-likeness (QED) is 0.255. The van der Waals surface area contributed by atoms with Crippen molar-refractivity contribution in [1.82, 2.24) is 0 Å². The van der Waals surface area contributed by atoms with Crippen LogP contribution in [0.25, 0.3) is 0 Å². The van der Waals surface area contributed by atoms with Gasteiger partial charge in [-0.25, -0.2) is 0 Å². The zero-order valence-electron chi connectivity index (χ0n) is 13.7. The molecule has 112 valence electrons. The first kappa shape index (κ1) is 18.6. The van der Waals surface area contributed by atoms with E-state index in [1.54, 1.807) is 0 Å². The van der Waals surface area contributed by atoms with Crippen LogP contribution in [0.5, 0.6) is 0 Å². The summed E-state index contributed by atoms with van der Waals surface area (Å²) in [6.07, 6.45) is 10.5. The number of unbranched alkanes of at least 4 members (excludes halogenated alkanes) is 3. The summed E-state index contributed by atoms with van der Waals surface area (Å²) in [5.41, 5.74) is 0. The monoisotopic (exact) mass is 284 g/mol. The highest BCUT2D eigenvalue weighted by Gasteiger charge is 2.38. The first-order valence-electron chi connectivity index (χ1n) is 7.52. The van der Waals surface area contributed by atoms with Crippen molar-refractivity contribution in [1.29, 1.82) is 0 Å². The van der Waals surface area contributed by atoms with E-state index in [-0.39, 0.29) is 11.1 Å². The molecule has 0 aromatic carbocycles. The van der Waals surface area contributed by atoms with E-state index in [4.69, 9.17) is 4.43 Å². The van der Waals surface area contributed by atoms with Crippen molar-refractivity contribution in [2.24, 2.45) is 0 Å². The van der Waals surface area contributed by atoms with E-state index in [1.165, 1.54) is 19.3 Å². The lowest BCUT2D eigenvalue weighted by Gasteiger charge is -2.37. The van der Waals surface area contributed by atoms with Gasteiger partial charge >= 0.3 is 0 Å². The molecule has 0 radical (unpaired) electrons. The van der Waals surface area contributed by atoms with Gasteiger partial charge in [0.25, 0.3) is 0 Å². The lowest BCUT2D eigenvalue weighted by Crippen LogP contribution is -2.44. The SMILES string of the molecule is CCCCC/C=C\C[C@@H](C=O)O[Si](C)(C)C(C)(C)C. The van der Waals surface area contributed by atoms with Gasteiger partial charge < -0.3 is 9.22 Å². The zero-order chi connectivity index (χ0) is 14.9. The molecule has 1 atom stereocenters. The first-order valence-corrected chi connectivity index (χ1v) is 10.4. The summed E-state index contributed by atoms with van der Waals surface area (Å²) < 4.78 is 6.10. The van der Waals surface area contributed by atoms with E-state index in [2.05, 4.69) is 52.9 Å². The highest BCUT2D eigenvalue weighted by atomic mass is 28.4. The molecule has 3 heteroatoms. The number of hydrogen-bond acceptors (Lipinski definition) is 2. The Labute approximate surface area is 120 Å². The maximum atomic E-state index is 11.1. The maximum Gasteiger partial charge on any atom is 0.193 e. The first-order chi connectivity index (χ1) is 8.74. The Kier molecular flexibility index (Phi) is 8.51. The van der Waals surface area contributed by atoms with Crippen molar-refractivity contribution < 1.29 is 9.22 Å². The summed E-state index contributed by atoms with van der Waals surface area (Å²) in [6, 6.07) is 0. The van der Waals surface area contributed by atoms with Crippen LogP contribution in [0.15, 0.2) is 12.2 Å². The van der Waals surface area contributed by atoms with Crippen LogP contribution in [-0.2, 0) is 9.22 Å². The summed E-state index contributed by atoms with van der Waals surface area (Å²) in [5.74, 6) is 0. The van der Waals surface area contributed by atoms with Crippen LogP contribution in [0.4, 0.5) is 0 Å². The molecule has 0 rings (SSSR count). The van der Waals surface area contributed by atoms with Crippen molar-refractivity contribution >= 4 is 14.6 Å². The number of hydrogen-bond donors (Lipinski definition) is 0. The molecule has 0 saturated heterocycles. The van der Waals surface area contributed by atoms with Crippen LogP contribution < -0.4 is 0 Å². The molecule has 0 aliphatic heterocycles. The Balaban J connectivity index is 4.19. The summed E-state index contributed by atoms with van der Waals surface area (Å²) in [7, 11) is -1.84. The fraction of sp³-hybridized carbons (Fsp3) is 0.812. The van der Waals surface area contributed by atoms with Crippen molar-refractivity contribution in [3.05, 3.63) is 12.2 Å². The topological polar surface area (TPSA) is 26.3 Å². The van der Waals surface area contributed by atoms with Gasteiger partial charge in [-0.3, -0.25) is 0 Å². The van der Waals surface area contributed by atoms with Crippen molar-refractivity contribution in [2.75, 3.05) is 0 Å². The average molecular weight is 285 g/mol. The largest absolute Gasteiger partial charge is 0.407 e. The van der Waals surface area contributed by atoms with Crippen LogP contribution in [0.3, 0.4) is 0 Å². The van der Waals surface area contributed by atoms with E-state index < -0.39 is 8.32 Å². The molecule has 0 amide bonds. The van der Waals surface area contributed by atoms with Crippen LogP contribution in [0.2, 0.25) is 18.1 Å². The molecule has 2 nitrogen and oxygen atoms in total. The second-order valence-electron chi connectivity index (χ2n) is 6.76. The van der Waals surface area contributed by atoms with Crippen molar-refractivity contribution in [3.63, 3.8) is 0 Å². The maximum absolute atomic E-state index is 11.1. The lowest BCUT2D eigenvalue weighted by molar-refractivity contribution is -0.114. The predicted octanol–water partition coefficient (Wildman–Crippen LogP) is 5.10. The second kappa shape index (κ2) is 8.70. The normalized spacial score (nSPS) is 14.8. The highest BCUT2D eigenvalue weighted by molar-refractivity contribution is 6.74. The third kappa shape index (κ3) is 7.68. The van der Waals surface area contributed by atoms with Gasteiger partial charge in [-0.15, -0.1) is 0 Å². The molecule has 0 aromatic rings. The van der Waals surface area contributed by atoms with Gasteiger partial charge in [-0.05, 0) is 37.4 Å². The Bertz CT molecular complexity index is 277. The summed E-state index contributed by atoms with van der Waals surface area (Å²) in [4.78, 5) is 11.1. The smallest absolute Gasteiger partial charge is 0.193 e. The molecule has 0 fully saturated rings.